The number of carbonyl (C=O) groups excluding carboxylic acids is 1. The number of hydrogen-bond acceptors (Lipinski definition) is 3. The highest BCUT2D eigenvalue weighted by atomic mass is 35.5. The molecular weight excluding hydrogens is 321 g/mol. The lowest BCUT2D eigenvalue weighted by Crippen LogP contribution is -2.57. The molecule has 3 saturated carbocycles. The second kappa shape index (κ2) is 8.18. The molecule has 3 aliphatic rings. The van der Waals surface area contributed by atoms with Crippen molar-refractivity contribution in [2.75, 3.05) is 6.54 Å². The number of amides is 1. The first-order valence-corrected chi connectivity index (χ1v) is 8.41. The standard InChI is InChI=1S/C16H29N3O.2ClH/c17-10-16(6-1-2-7-16)15(20)19-14-11-4-3-5-12(14)9-13(18)8-11;;/h11-14H,1-10,17-18H2,(H,19,20);2*1H. The Morgan fingerprint density at radius 3 is 2.09 bits per heavy atom. The van der Waals surface area contributed by atoms with Gasteiger partial charge in [0.1, 0.15) is 0 Å². The highest BCUT2D eigenvalue weighted by Gasteiger charge is 2.45. The summed E-state index contributed by atoms with van der Waals surface area (Å²) in [7, 11) is 0. The van der Waals surface area contributed by atoms with E-state index in [4.69, 9.17) is 11.5 Å². The van der Waals surface area contributed by atoms with Gasteiger partial charge in [0.05, 0.1) is 5.41 Å². The molecule has 3 fully saturated rings. The van der Waals surface area contributed by atoms with Crippen LogP contribution in [0.2, 0.25) is 0 Å². The van der Waals surface area contributed by atoms with Crippen molar-refractivity contribution in [3.8, 4) is 0 Å². The first-order chi connectivity index (χ1) is 9.64. The Balaban J connectivity index is 0.00000121. The number of hydrogen-bond donors (Lipinski definition) is 3. The van der Waals surface area contributed by atoms with E-state index in [1.54, 1.807) is 0 Å². The van der Waals surface area contributed by atoms with Crippen LogP contribution < -0.4 is 16.8 Å². The molecule has 0 saturated heterocycles. The van der Waals surface area contributed by atoms with Crippen LogP contribution in [0.15, 0.2) is 0 Å². The maximum atomic E-state index is 12.8. The second-order valence-corrected chi connectivity index (χ2v) is 7.37. The molecule has 0 heterocycles. The molecule has 0 spiro atoms. The van der Waals surface area contributed by atoms with Gasteiger partial charge in [0.25, 0.3) is 0 Å². The molecule has 5 N–H and O–H groups in total. The SMILES string of the molecule is Cl.Cl.NCC1(C(=O)NC2C3CCCC2CC(N)C3)CCCC1. The largest absolute Gasteiger partial charge is 0.352 e. The Bertz CT molecular complexity index is 360. The van der Waals surface area contributed by atoms with Crippen LogP contribution in [-0.4, -0.2) is 24.5 Å². The van der Waals surface area contributed by atoms with E-state index >= 15 is 0 Å². The van der Waals surface area contributed by atoms with Gasteiger partial charge in [0, 0.05) is 18.6 Å². The molecule has 0 aromatic rings. The van der Waals surface area contributed by atoms with Crippen LogP contribution in [0.3, 0.4) is 0 Å². The maximum Gasteiger partial charge on any atom is 0.227 e. The second-order valence-electron chi connectivity index (χ2n) is 7.37. The van der Waals surface area contributed by atoms with Crippen molar-refractivity contribution in [1.29, 1.82) is 0 Å². The zero-order valence-electron chi connectivity index (χ0n) is 13.3. The summed E-state index contributed by atoms with van der Waals surface area (Å²) in [6.45, 7) is 0.500. The third kappa shape index (κ3) is 3.72. The van der Waals surface area contributed by atoms with Gasteiger partial charge in [0.15, 0.2) is 0 Å². The quantitative estimate of drug-likeness (QED) is 0.729. The lowest BCUT2D eigenvalue weighted by Gasteiger charge is -2.46. The van der Waals surface area contributed by atoms with Crippen LogP contribution in [0.5, 0.6) is 0 Å². The summed E-state index contributed by atoms with van der Waals surface area (Å²) in [5, 5.41) is 3.40. The molecule has 6 heteroatoms. The van der Waals surface area contributed by atoms with Crippen molar-refractivity contribution in [3.63, 3.8) is 0 Å². The fourth-order valence-corrected chi connectivity index (χ4v) is 4.90. The zero-order valence-corrected chi connectivity index (χ0v) is 14.9. The van der Waals surface area contributed by atoms with E-state index in [1.165, 1.54) is 19.3 Å². The molecule has 0 aromatic carbocycles. The smallest absolute Gasteiger partial charge is 0.227 e. The Hall–Kier alpha value is -0.0300. The number of fused-ring (bicyclic) bond motifs is 2. The zero-order chi connectivity index (χ0) is 14.2. The maximum absolute atomic E-state index is 12.8. The fraction of sp³-hybridized carbons (Fsp3) is 0.938. The summed E-state index contributed by atoms with van der Waals surface area (Å²) in [5.74, 6) is 1.42. The monoisotopic (exact) mass is 351 g/mol. The Labute approximate surface area is 146 Å². The summed E-state index contributed by atoms with van der Waals surface area (Å²) in [6.07, 6.45) is 10.1. The van der Waals surface area contributed by atoms with Crippen LogP contribution in [-0.2, 0) is 4.79 Å². The normalized spacial score (nSPS) is 35.9. The first kappa shape index (κ1) is 20.0. The van der Waals surface area contributed by atoms with Crippen molar-refractivity contribution in [2.45, 2.75) is 69.9 Å². The van der Waals surface area contributed by atoms with Gasteiger partial charge in [-0.05, 0) is 50.4 Å². The number of carbonyl (C=O) groups is 1. The molecule has 2 bridgehead atoms. The number of rotatable bonds is 3. The average Bonchev–Trinajstić information content (AvgIpc) is 2.90. The van der Waals surface area contributed by atoms with Gasteiger partial charge in [0.2, 0.25) is 5.91 Å². The van der Waals surface area contributed by atoms with Gasteiger partial charge < -0.3 is 16.8 Å². The Morgan fingerprint density at radius 1 is 1.05 bits per heavy atom. The summed E-state index contributed by atoms with van der Waals surface area (Å²) in [5.41, 5.74) is 11.8. The third-order valence-electron chi connectivity index (χ3n) is 6.11. The summed E-state index contributed by atoms with van der Waals surface area (Å²) in [4.78, 5) is 12.8. The van der Waals surface area contributed by atoms with Crippen molar-refractivity contribution >= 4 is 30.7 Å². The van der Waals surface area contributed by atoms with Crippen LogP contribution in [0.1, 0.15) is 57.8 Å². The van der Waals surface area contributed by atoms with Gasteiger partial charge in [-0.25, -0.2) is 0 Å². The van der Waals surface area contributed by atoms with Crippen molar-refractivity contribution in [3.05, 3.63) is 0 Å². The number of nitrogens with one attached hydrogen (secondary N) is 1. The molecule has 1 amide bonds. The van der Waals surface area contributed by atoms with E-state index in [-0.39, 0.29) is 36.1 Å². The van der Waals surface area contributed by atoms with Crippen molar-refractivity contribution < 1.29 is 4.79 Å². The van der Waals surface area contributed by atoms with Gasteiger partial charge in [-0.2, -0.15) is 0 Å². The van der Waals surface area contributed by atoms with Crippen molar-refractivity contribution in [1.82, 2.24) is 5.32 Å². The number of nitrogens with two attached hydrogens (primary N) is 2. The summed E-state index contributed by atoms with van der Waals surface area (Å²) < 4.78 is 0. The number of halogens is 2. The van der Waals surface area contributed by atoms with Gasteiger partial charge in [-0.15, -0.1) is 24.8 Å². The molecule has 2 unspecified atom stereocenters. The fourth-order valence-electron chi connectivity index (χ4n) is 4.90. The van der Waals surface area contributed by atoms with Crippen molar-refractivity contribution in [2.24, 2.45) is 28.7 Å². The third-order valence-corrected chi connectivity index (χ3v) is 6.11. The van der Waals surface area contributed by atoms with E-state index in [1.807, 2.05) is 0 Å². The van der Waals surface area contributed by atoms with Crippen LogP contribution in [0.4, 0.5) is 0 Å². The lowest BCUT2D eigenvalue weighted by atomic mass is 9.66. The van der Waals surface area contributed by atoms with Crippen LogP contribution in [0, 0.1) is 17.3 Å². The molecule has 0 radical (unpaired) electrons. The molecule has 2 atom stereocenters. The highest BCUT2D eigenvalue weighted by Crippen LogP contribution is 2.42. The van der Waals surface area contributed by atoms with E-state index in [0.717, 1.165) is 38.5 Å². The predicted molar refractivity (Wildman–Crippen MR) is 94.4 cm³/mol. The van der Waals surface area contributed by atoms with Crippen LogP contribution in [0.25, 0.3) is 0 Å². The van der Waals surface area contributed by atoms with Gasteiger partial charge in [-0.1, -0.05) is 19.3 Å². The molecule has 4 nitrogen and oxygen atoms in total. The van der Waals surface area contributed by atoms with Crippen LogP contribution >= 0.6 is 24.8 Å². The molecule has 0 aromatic heterocycles. The molecule has 3 aliphatic carbocycles. The Morgan fingerprint density at radius 2 is 1.59 bits per heavy atom. The molecular formula is C16H31Cl2N3O. The highest BCUT2D eigenvalue weighted by molar-refractivity contribution is 5.85. The van der Waals surface area contributed by atoms with E-state index in [9.17, 15) is 4.79 Å². The minimum atomic E-state index is -0.270. The summed E-state index contributed by atoms with van der Waals surface area (Å²) >= 11 is 0. The minimum Gasteiger partial charge on any atom is -0.352 e. The predicted octanol–water partition coefficient (Wildman–Crippen LogP) is 2.37. The summed E-state index contributed by atoms with van der Waals surface area (Å²) in [6, 6.07) is 0.702. The molecule has 0 aliphatic heterocycles. The van der Waals surface area contributed by atoms with E-state index in [0.29, 0.717) is 30.5 Å². The molecule has 22 heavy (non-hydrogen) atoms. The topological polar surface area (TPSA) is 81.1 Å². The lowest BCUT2D eigenvalue weighted by molar-refractivity contribution is -0.132. The van der Waals surface area contributed by atoms with E-state index in [2.05, 4.69) is 5.32 Å². The van der Waals surface area contributed by atoms with Gasteiger partial charge in [-0.3, -0.25) is 4.79 Å². The first-order valence-electron chi connectivity index (χ1n) is 8.41. The Kier molecular flexibility index (Phi) is 7.44. The minimum absolute atomic E-state index is 0. The molecule has 3 rings (SSSR count). The van der Waals surface area contributed by atoms with Gasteiger partial charge >= 0.3 is 0 Å². The van der Waals surface area contributed by atoms with E-state index < -0.39 is 0 Å². The molecule has 130 valence electrons. The average molecular weight is 352 g/mol.